The molecule has 0 spiro atoms. The molecular weight excluding hydrogens is 318 g/mol. The zero-order valence-electron chi connectivity index (χ0n) is 12.4. The van der Waals surface area contributed by atoms with Crippen LogP contribution in [0.4, 0.5) is 5.69 Å². The zero-order chi connectivity index (χ0) is 16.3. The van der Waals surface area contributed by atoms with Crippen LogP contribution in [-0.4, -0.2) is 24.9 Å². The van der Waals surface area contributed by atoms with Gasteiger partial charge in [-0.25, -0.2) is 9.69 Å². The third-order valence-corrected chi connectivity index (χ3v) is 5.41. The van der Waals surface area contributed by atoms with Crippen molar-refractivity contribution in [2.75, 3.05) is 12.0 Å². The smallest absolute Gasteiger partial charge is 0.339 e. The molecule has 2 aliphatic carbocycles. The van der Waals surface area contributed by atoms with E-state index in [2.05, 4.69) is 4.74 Å². The molecule has 3 aliphatic rings. The molecular formula is C17H14ClNO4. The Morgan fingerprint density at radius 2 is 1.78 bits per heavy atom. The Hall–Kier alpha value is -2.14. The van der Waals surface area contributed by atoms with Crippen LogP contribution < -0.4 is 4.90 Å². The van der Waals surface area contributed by atoms with Crippen LogP contribution in [0.25, 0.3) is 0 Å². The molecule has 2 bridgehead atoms. The number of hydrogen-bond donors (Lipinski definition) is 0. The van der Waals surface area contributed by atoms with Gasteiger partial charge in [-0.1, -0.05) is 23.8 Å². The van der Waals surface area contributed by atoms with Gasteiger partial charge in [0.15, 0.2) is 0 Å². The van der Waals surface area contributed by atoms with Gasteiger partial charge in [-0.15, -0.1) is 0 Å². The van der Waals surface area contributed by atoms with Gasteiger partial charge in [0, 0.05) is 0 Å². The summed E-state index contributed by atoms with van der Waals surface area (Å²) >= 11 is 6.00. The van der Waals surface area contributed by atoms with Gasteiger partial charge in [0.05, 0.1) is 35.2 Å². The average Bonchev–Trinajstić information content (AvgIpc) is 3.22. The fourth-order valence-electron chi connectivity index (χ4n) is 4.08. The Balaban J connectivity index is 1.73. The minimum Gasteiger partial charge on any atom is -0.465 e. The summed E-state index contributed by atoms with van der Waals surface area (Å²) in [4.78, 5) is 38.5. The second-order valence-electron chi connectivity index (χ2n) is 6.17. The molecule has 4 rings (SSSR count). The number of allylic oxidation sites excluding steroid dienone is 2. The van der Waals surface area contributed by atoms with E-state index in [0.29, 0.717) is 5.69 Å². The number of rotatable bonds is 2. The topological polar surface area (TPSA) is 63.7 Å². The summed E-state index contributed by atoms with van der Waals surface area (Å²) in [6.45, 7) is 0. The van der Waals surface area contributed by atoms with Crippen LogP contribution in [0.3, 0.4) is 0 Å². The van der Waals surface area contributed by atoms with Crippen LogP contribution in [0.5, 0.6) is 0 Å². The highest BCUT2D eigenvalue weighted by atomic mass is 35.5. The molecule has 1 saturated heterocycles. The quantitative estimate of drug-likeness (QED) is 0.474. The molecule has 1 saturated carbocycles. The Morgan fingerprint density at radius 3 is 2.35 bits per heavy atom. The van der Waals surface area contributed by atoms with E-state index in [0.717, 1.165) is 6.42 Å². The Kier molecular flexibility index (Phi) is 3.10. The van der Waals surface area contributed by atoms with Gasteiger partial charge in [-0.2, -0.15) is 0 Å². The number of hydrogen-bond acceptors (Lipinski definition) is 4. The van der Waals surface area contributed by atoms with E-state index in [1.54, 1.807) is 6.07 Å². The van der Waals surface area contributed by atoms with Crippen molar-refractivity contribution in [1.29, 1.82) is 0 Å². The number of methoxy groups -OCH3 is 1. The maximum atomic E-state index is 12.7. The molecule has 118 valence electrons. The maximum Gasteiger partial charge on any atom is 0.339 e. The molecule has 1 aromatic rings. The summed E-state index contributed by atoms with van der Waals surface area (Å²) in [5.74, 6) is -1.20. The van der Waals surface area contributed by atoms with Crippen molar-refractivity contribution in [1.82, 2.24) is 0 Å². The van der Waals surface area contributed by atoms with Crippen molar-refractivity contribution in [3.63, 3.8) is 0 Å². The number of nitrogens with zero attached hydrogens (tertiary/aromatic N) is 1. The number of carbonyl (C=O) groups is 3. The molecule has 2 amide bonds. The second-order valence-corrected chi connectivity index (χ2v) is 6.57. The first kappa shape index (κ1) is 14.5. The van der Waals surface area contributed by atoms with Gasteiger partial charge in [-0.3, -0.25) is 9.59 Å². The lowest BCUT2D eigenvalue weighted by molar-refractivity contribution is -0.123. The molecule has 0 unspecified atom stereocenters. The van der Waals surface area contributed by atoms with Crippen LogP contribution in [0.1, 0.15) is 16.8 Å². The molecule has 23 heavy (non-hydrogen) atoms. The Bertz CT molecular complexity index is 742. The standard InChI is InChI=1S/C17H14ClNO4/c1-23-17(22)11-7-10(4-5-12(11)18)19-15(20)13-8-2-3-9(6-8)14(13)16(19)21/h2-5,7-9,13-14H,6H2,1H3/t8-,9-,13-,14-/m0/s1. The number of halogens is 1. The van der Waals surface area contributed by atoms with Gasteiger partial charge >= 0.3 is 5.97 Å². The molecule has 2 fully saturated rings. The molecule has 0 radical (unpaired) electrons. The minimum atomic E-state index is -0.599. The summed E-state index contributed by atoms with van der Waals surface area (Å²) in [5, 5.41) is 0.224. The molecule has 5 nitrogen and oxygen atoms in total. The van der Waals surface area contributed by atoms with Crippen molar-refractivity contribution >= 4 is 35.1 Å². The highest BCUT2D eigenvalue weighted by molar-refractivity contribution is 6.34. The fourth-order valence-corrected chi connectivity index (χ4v) is 4.27. The van der Waals surface area contributed by atoms with Crippen LogP contribution in [-0.2, 0) is 14.3 Å². The van der Waals surface area contributed by atoms with Crippen molar-refractivity contribution in [3.8, 4) is 0 Å². The molecule has 1 aliphatic heterocycles. The van der Waals surface area contributed by atoms with Gasteiger partial charge < -0.3 is 4.74 Å². The van der Waals surface area contributed by atoms with Gasteiger partial charge in [0.1, 0.15) is 0 Å². The number of imide groups is 1. The highest BCUT2D eigenvalue weighted by Crippen LogP contribution is 2.53. The van der Waals surface area contributed by atoms with Gasteiger partial charge in [-0.05, 0) is 36.5 Å². The lowest BCUT2D eigenvalue weighted by atomic mass is 9.85. The summed E-state index contributed by atoms with van der Waals surface area (Å²) in [6.07, 6.45) is 4.97. The van der Waals surface area contributed by atoms with Crippen molar-refractivity contribution in [2.45, 2.75) is 6.42 Å². The van der Waals surface area contributed by atoms with Gasteiger partial charge in [0.25, 0.3) is 0 Å². The highest BCUT2D eigenvalue weighted by Gasteiger charge is 2.59. The third-order valence-electron chi connectivity index (χ3n) is 5.08. The van der Waals surface area contributed by atoms with Crippen molar-refractivity contribution in [2.24, 2.45) is 23.7 Å². The number of esters is 1. The summed E-state index contributed by atoms with van der Waals surface area (Å²) in [7, 11) is 1.26. The third kappa shape index (κ3) is 1.89. The summed E-state index contributed by atoms with van der Waals surface area (Å²) in [6, 6.07) is 4.53. The Morgan fingerprint density at radius 1 is 1.17 bits per heavy atom. The largest absolute Gasteiger partial charge is 0.465 e. The molecule has 1 aromatic carbocycles. The van der Waals surface area contributed by atoms with Crippen LogP contribution >= 0.6 is 11.6 Å². The van der Waals surface area contributed by atoms with E-state index in [1.807, 2.05) is 12.2 Å². The first-order valence-electron chi connectivity index (χ1n) is 7.47. The molecule has 0 N–H and O–H groups in total. The Labute approximate surface area is 137 Å². The van der Waals surface area contributed by atoms with E-state index in [4.69, 9.17) is 11.6 Å². The van der Waals surface area contributed by atoms with E-state index < -0.39 is 5.97 Å². The maximum absolute atomic E-state index is 12.7. The van der Waals surface area contributed by atoms with E-state index >= 15 is 0 Å². The number of carbonyl (C=O) groups excluding carboxylic acids is 3. The van der Waals surface area contributed by atoms with E-state index in [-0.39, 0.29) is 46.1 Å². The van der Waals surface area contributed by atoms with Crippen LogP contribution in [0.2, 0.25) is 5.02 Å². The van der Waals surface area contributed by atoms with Crippen molar-refractivity contribution in [3.05, 3.63) is 40.9 Å². The predicted molar refractivity (Wildman–Crippen MR) is 83.0 cm³/mol. The molecule has 4 atom stereocenters. The molecule has 6 heteroatoms. The number of amides is 2. The first-order valence-corrected chi connectivity index (χ1v) is 7.84. The fraction of sp³-hybridized carbons (Fsp3) is 0.353. The number of fused-ring (bicyclic) bond motifs is 5. The zero-order valence-corrected chi connectivity index (χ0v) is 13.1. The minimum absolute atomic E-state index is 0.144. The molecule has 1 heterocycles. The monoisotopic (exact) mass is 331 g/mol. The van der Waals surface area contributed by atoms with E-state index in [1.165, 1.54) is 24.1 Å². The van der Waals surface area contributed by atoms with Crippen LogP contribution in [0, 0.1) is 23.7 Å². The van der Waals surface area contributed by atoms with Crippen LogP contribution in [0.15, 0.2) is 30.4 Å². The van der Waals surface area contributed by atoms with Crippen molar-refractivity contribution < 1.29 is 19.1 Å². The number of ether oxygens (including phenoxy) is 1. The first-order chi connectivity index (χ1) is 11.0. The summed E-state index contributed by atoms with van der Waals surface area (Å²) < 4.78 is 4.69. The number of anilines is 1. The summed E-state index contributed by atoms with van der Waals surface area (Å²) in [5.41, 5.74) is 0.518. The molecule has 0 aromatic heterocycles. The predicted octanol–water partition coefficient (Wildman–Crippen LogP) is 2.44. The van der Waals surface area contributed by atoms with Gasteiger partial charge in [0.2, 0.25) is 11.8 Å². The average molecular weight is 332 g/mol. The van der Waals surface area contributed by atoms with E-state index in [9.17, 15) is 14.4 Å². The lowest BCUT2D eigenvalue weighted by Crippen LogP contribution is -2.33. The normalized spacial score (nSPS) is 31.0. The SMILES string of the molecule is COC(=O)c1cc(N2C(=O)[C@@H]3[C@@H](C2=O)[C@H]2C=C[C@H]3C2)ccc1Cl. The lowest BCUT2D eigenvalue weighted by Gasteiger charge is -2.18. The second kappa shape index (κ2) is 4.93. The number of benzene rings is 1.